The van der Waals surface area contributed by atoms with Gasteiger partial charge in [0.05, 0.1) is 11.1 Å². The third-order valence-corrected chi connectivity index (χ3v) is 2.73. The van der Waals surface area contributed by atoms with E-state index in [0.717, 1.165) is 5.01 Å². The molecule has 17 heavy (non-hydrogen) atoms. The molecule has 1 unspecified atom stereocenters. The van der Waals surface area contributed by atoms with E-state index in [1.807, 2.05) is 0 Å². The summed E-state index contributed by atoms with van der Waals surface area (Å²) in [6.07, 6.45) is 0. The van der Waals surface area contributed by atoms with Crippen LogP contribution in [0.15, 0.2) is 5.38 Å². The average Bonchev–Trinajstić information content (AvgIpc) is 2.64. The van der Waals surface area contributed by atoms with E-state index in [9.17, 15) is 9.59 Å². The molecule has 5 nitrogen and oxygen atoms in total. The van der Waals surface area contributed by atoms with Crippen LogP contribution < -0.4 is 5.32 Å². The van der Waals surface area contributed by atoms with Crippen molar-refractivity contribution in [2.75, 3.05) is 0 Å². The molecule has 1 atom stereocenters. The van der Waals surface area contributed by atoms with E-state index in [4.69, 9.17) is 5.26 Å². The van der Waals surface area contributed by atoms with Gasteiger partial charge in [0.15, 0.2) is 5.92 Å². The Morgan fingerprint density at radius 2 is 2.18 bits per heavy atom. The molecule has 1 amide bonds. The van der Waals surface area contributed by atoms with Crippen LogP contribution in [0.25, 0.3) is 0 Å². The van der Waals surface area contributed by atoms with Gasteiger partial charge in [-0.25, -0.2) is 4.98 Å². The molecular formula is C11H13N3O2S. The molecule has 0 aliphatic rings. The number of ketones is 1. The van der Waals surface area contributed by atoms with Gasteiger partial charge in [0, 0.05) is 11.4 Å². The number of hydrogen-bond donors (Lipinski definition) is 1. The summed E-state index contributed by atoms with van der Waals surface area (Å²) in [7, 11) is 0. The maximum Gasteiger partial charge on any atom is 0.245 e. The van der Waals surface area contributed by atoms with Crippen molar-refractivity contribution in [2.24, 2.45) is 5.92 Å². The maximum atomic E-state index is 11.9. The van der Waals surface area contributed by atoms with Gasteiger partial charge in [-0.3, -0.25) is 9.59 Å². The molecule has 0 saturated carbocycles. The second-order valence-electron chi connectivity index (χ2n) is 3.84. The Labute approximate surface area is 103 Å². The van der Waals surface area contributed by atoms with Crippen LogP contribution in [-0.2, 0) is 4.79 Å². The Morgan fingerprint density at radius 3 is 2.59 bits per heavy atom. The van der Waals surface area contributed by atoms with E-state index in [-0.39, 0.29) is 11.7 Å². The lowest BCUT2D eigenvalue weighted by Crippen LogP contribution is -2.38. The number of aryl methyl sites for hydroxylation is 1. The van der Waals surface area contributed by atoms with Crippen LogP contribution in [0.3, 0.4) is 0 Å². The first-order valence-corrected chi connectivity index (χ1v) is 6.00. The number of nitrogens with zero attached hydrogens (tertiary/aromatic N) is 2. The van der Waals surface area contributed by atoms with Crippen LogP contribution in [0, 0.1) is 24.2 Å². The van der Waals surface area contributed by atoms with Crippen molar-refractivity contribution in [2.45, 2.75) is 26.8 Å². The van der Waals surface area contributed by atoms with Crippen molar-refractivity contribution in [3.8, 4) is 6.07 Å². The lowest BCUT2D eigenvalue weighted by Gasteiger charge is -2.10. The number of Topliss-reactive ketones (excluding diaryl/α,β-unsaturated/α-hetero) is 1. The first-order chi connectivity index (χ1) is 7.95. The smallest absolute Gasteiger partial charge is 0.245 e. The molecule has 1 aromatic heterocycles. The van der Waals surface area contributed by atoms with Crippen molar-refractivity contribution < 1.29 is 9.59 Å². The molecule has 0 saturated heterocycles. The van der Waals surface area contributed by atoms with Gasteiger partial charge in [-0.2, -0.15) is 5.26 Å². The molecule has 0 aliphatic carbocycles. The first kappa shape index (κ1) is 13.3. The quantitative estimate of drug-likeness (QED) is 0.645. The molecule has 1 aromatic rings. The van der Waals surface area contributed by atoms with E-state index >= 15 is 0 Å². The summed E-state index contributed by atoms with van der Waals surface area (Å²) in [6.45, 7) is 5.30. The zero-order valence-corrected chi connectivity index (χ0v) is 10.7. The van der Waals surface area contributed by atoms with Crippen LogP contribution in [0.4, 0.5) is 0 Å². The fraction of sp³-hybridized carbons (Fsp3) is 0.455. The van der Waals surface area contributed by atoms with Gasteiger partial charge < -0.3 is 5.32 Å². The third kappa shape index (κ3) is 3.36. The zero-order valence-electron chi connectivity index (χ0n) is 9.85. The minimum Gasteiger partial charge on any atom is -0.352 e. The second-order valence-corrected chi connectivity index (χ2v) is 4.90. The van der Waals surface area contributed by atoms with Crippen molar-refractivity contribution in [3.05, 3.63) is 16.1 Å². The molecule has 90 valence electrons. The van der Waals surface area contributed by atoms with Crippen molar-refractivity contribution in [3.63, 3.8) is 0 Å². The zero-order chi connectivity index (χ0) is 13.0. The van der Waals surface area contributed by atoms with Crippen molar-refractivity contribution in [1.29, 1.82) is 5.26 Å². The molecule has 0 aromatic carbocycles. The summed E-state index contributed by atoms with van der Waals surface area (Å²) in [6, 6.07) is 1.61. The van der Waals surface area contributed by atoms with Crippen LogP contribution in [0.2, 0.25) is 0 Å². The largest absolute Gasteiger partial charge is 0.352 e. The Bertz CT molecular complexity index is 473. The SMILES string of the molecule is Cc1nc(C(=O)C(C#N)C(=O)NC(C)C)cs1. The summed E-state index contributed by atoms with van der Waals surface area (Å²) in [5.41, 5.74) is 0.179. The number of nitriles is 1. The summed E-state index contributed by atoms with van der Waals surface area (Å²) >= 11 is 1.31. The van der Waals surface area contributed by atoms with Gasteiger partial charge in [0.1, 0.15) is 5.69 Å². The number of amides is 1. The molecule has 0 fully saturated rings. The molecule has 1 heterocycles. The number of rotatable bonds is 4. The fourth-order valence-corrected chi connectivity index (χ4v) is 1.83. The summed E-state index contributed by atoms with van der Waals surface area (Å²) in [4.78, 5) is 27.5. The number of carbonyl (C=O) groups excluding carboxylic acids is 2. The van der Waals surface area contributed by atoms with Crippen molar-refractivity contribution in [1.82, 2.24) is 10.3 Å². The standard InChI is InChI=1S/C11H13N3O2S/c1-6(2)13-11(16)8(4-12)10(15)9-5-17-7(3)14-9/h5-6,8H,1-3H3,(H,13,16). The van der Waals surface area contributed by atoms with Gasteiger partial charge in [0.25, 0.3) is 0 Å². The van der Waals surface area contributed by atoms with Crippen molar-refractivity contribution >= 4 is 23.0 Å². The number of carbonyl (C=O) groups is 2. The van der Waals surface area contributed by atoms with Gasteiger partial charge in [-0.15, -0.1) is 11.3 Å². The Morgan fingerprint density at radius 1 is 1.53 bits per heavy atom. The molecule has 1 rings (SSSR count). The molecule has 6 heteroatoms. The summed E-state index contributed by atoms with van der Waals surface area (Å²) in [5.74, 6) is -2.44. The molecule has 1 N–H and O–H groups in total. The molecule has 0 bridgehead atoms. The minimum atomic E-state index is -1.32. The molecule has 0 radical (unpaired) electrons. The van der Waals surface area contributed by atoms with Gasteiger partial charge >= 0.3 is 0 Å². The molecular weight excluding hydrogens is 238 g/mol. The molecule has 0 spiro atoms. The van der Waals surface area contributed by atoms with Gasteiger partial charge in [-0.05, 0) is 20.8 Å². The minimum absolute atomic E-state index is 0.108. The number of hydrogen-bond acceptors (Lipinski definition) is 5. The highest BCUT2D eigenvalue weighted by Crippen LogP contribution is 2.13. The van der Waals surface area contributed by atoms with Crippen LogP contribution in [-0.4, -0.2) is 22.7 Å². The summed E-state index contributed by atoms with van der Waals surface area (Å²) < 4.78 is 0. The lowest BCUT2D eigenvalue weighted by atomic mass is 10.0. The van der Waals surface area contributed by atoms with E-state index in [0.29, 0.717) is 0 Å². The third-order valence-electron chi connectivity index (χ3n) is 1.96. The van der Waals surface area contributed by atoms with Gasteiger partial charge in [0.2, 0.25) is 11.7 Å². The monoisotopic (exact) mass is 251 g/mol. The normalized spacial score (nSPS) is 11.9. The first-order valence-electron chi connectivity index (χ1n) is 5.12. The highest BCUT2D eigenvalue weighted by molar-refractivity contribution is 7.09. The summed E-state index contributed by atoms with van der Waals surface area (Å²) in [5, 5.41) is 13.7. The highest BCUT2D eigenvalue weighted by Gasteiger charge is 2.29. The maximum absolute atomic E-state index is 11.9. The topological polar surface area (TPSA) is 82.8 Å². The fourth-order valence-electron chi connectivity index (χ4n) is 1.23. The molecule has 0 aliphatic heterocycles. The van der Waals surface area contributed by atoms with E-state index < -0.39 is 17.6 Å². The highest BCUT2D eigenvalue weighted by atomic mass is 32.1. The van der Waals surface area contributed by atoms with Crippen LogP contribution in [0.1, 0.15) is 29.3 Å². The number of nitrogens with one attached hydrogen (secondary N) is 1. The Kier molecular flexibility index (Phi) is 4.35. The Hall–Kier alpha value is -1.74. The number of thiazole rings is 1. The lowest BCUT2D eigenvalue weighted by molar-refractivity contribution is -0.122. The second kappa shape index (κ2) is 5.55. The van der Waals surface area contributed by atoms with E-state index in [1.54, 1.807) is 32.2 Å². The Balaban J connectivity index is 2.85. The van der Waals surface area contributed by atoms with E-state index in [1.165, 1.54) is 11.3 Å². The number of aromatic nitrogens is 1. The van der Waals surface area contributed by atoms with E-state index in [2.05, 4.69) is 10.3 Å². The van der Waals surface area contributed by atoms with Crippen LogP contribution in [0.5, 0.6) is 0 Å². The predicted molar refractivity (Wildman–Crippen MR) is 63.6 cm³/mol. The van der Waals surface area contributed by atoms with Gasteiger partial charge in [-0.1, -0.05) is 0 Å². The average molecular weight is 251 g/mol. The van der Waals surface area contributed by atoms with Crippen LogP contribution >= 0.6 is 11.3 Å². The predicted octanol–water partition coefficient (Wildman–Crippen LogP) is 1.30.